The number of aliphatic hydroxyl groups is 1. The minimum absolute atomic E-state index is 0.0213. The van der Waals surface area contributed by atoms with Crippen LogP contribution < -0.4 is 30.7 Å². The van der Waals surface area contributed by atoms with Gasteiger partial charge >= 0.3 is 6.03 Å². The average Bonchev–Trinajstić information content (AvgIpc) is 3.84. The van der Waals surface area contributed by atoms with Crippen LogP contribution in [0.3, 0.4) is 0 Å². The van der Waals surface area contributed by atoms with Gasteiger partial charge < -0.3 is 35.4 Å². The Balaban J connectivity index is 0.747. The number of primary amides is 1. The van der Waals surface area contributed by atoms with E-state index in [2.05, 4.69) is 20.6 Å². The number of aliphatic hydroxyl groups excluding tert-OH is 1. The Hall–Kier alpha value is -6.28. The van der Waals surface area contributed by atoms with Crippen LogP contribution in [0.4, 0.5) is 28.2 Å². The third kappa shape index (κ3) is 9.16. The summed E-state index contributed by atoms with van der Waals surface area (Å²) in [7, 11) is 1.55. The second kappa shape index (κ2) is 20.2. The zero-order chi connectivity index (χ0) is 51.5. The molecule has 4 aromatic carbocycles. The molecule has 3 saturated heterocycles. The van der Waals surface area contributed by atoms with Crippen molar-refractivity contribution < 1.29 is 51.3 Å². The Labute approximate surface area is 423 Å². The van der Waals surface area contributed by atoms with Crippen LogP contribution in [0, 0.1) is 35.1 Å². The molecule has 1 aliphatic carbocycles. The maximum absolute atomic E-state index is 16.5. The molecule has 0 spiro atoms. The minimum atomic E-state index is -1.14. The smallest absolute Gasteiger partial charge is 0.329 e. The number of anilines is 1. The highest BCUT2D eigenvalue weighted by Crippen LogP contribution is 2.56. The van der Waals surface area contributed by atoms with Gasteiger partial charge in [-0.15, -0.1) is 0 Å². The van der Waals surface area contributed by atoms with Crippen LogP contribution in [0.2, 0.25) is 5.02 Å². The molecule has 0 radical (unpaired) electrons. The van der Waals surface area contributed by atoms with E-state index < -0.39 is 64.3 Å². The van der Waals surface area contributed by atoms with E-state index in [9.17, 15) is 24.3 Å². The number of likely N-dealkylation sites (tertiary alicyclic amines) is 2. The van der Waals surface area contributed by atoms with Gasteiger partial charge in [0.05, 0.1) is 22.6 Å². The third-order valence-corrected chi connectivity index (χ3v) is 16.1. The van der Waals surface area contributed by atoms with Crippen molar-refractivity contribution in [2.24, 2.45) is 24.6 Å². The Bertz CT molecular complexity index is 3000. The molecular formula is C53H57ClF4N8O7. The number of nitrogens with two attached hydrogens (primary N) is 1. The summed E-state index contributed by atoms with van der Waals surface area (Å²) in [6.45, 7) is 4.96. The van der Waals surface area contributed by atoms with Gasteiger partial charge in [-0.25, -0.2) is 22.4 Å². The SMILES string of the molecule is C[C@H]1c2c(cc(F)c(Cl)c2-c2c(C(N)=O)ccc(OCCO)c2F)O[C@]1(CNC1CCC(C(=O)N2CC(CN3CCC(c4c(F)cc5c(N6CCC(=O)NC6=O)nn(C)c5c4F)CC3)C2)CC1)c1ccccc1. The number of imide groups is 1. The van der Waals surface area contributed by atoms with Crippen LogP contribution >= 0.6 is 11.6 Å². The summed E-state index contributed by atoms with van der Waals surface area (Å²) in [5, 5.41) is 19.4. The van der Waals surface area contributed by atoms with Crippen molar-refractivity contribution in [3.05, 3.63) is 105 Å². The molecule has 10 rings (SSSR count). The Morgan fingerprint density at radius 3 is 2.36 bits per heavy atom. The molecule has 20 heteroatoms. The topological polar surface area (TPSA) is 185 Å². The number of carbonyl (C=O) groups excluding carboxylic acids is 4. The van der Waals surface area contributed by atoms with Crippen LogP contribution in [0.1, 0.15) is 90.8 Å². The predicted molar refractivity (Wildman–Crippen MR) is 263 cm³/mol. The molecule has 0 unspecified atom stereocenters. The number of aromatic nitrogens is 2. The van der Waals surface area contributed by atoms with E-state index in [0.717, 1.165) is 24.9 Å². The maximum Gasteiger partial charge on any atom is 0.329 e. The summed E-state index contributed by atoms with van der Waals surface area (Å²) in [4.78, 5) is 56.3. The number of hydrogen-bond donors (Lipinski definition) is 4. The van der Waals surface area contributed by atoms with Gasteiger partial charge in [0, 0.05) is 98.3 Å². The molecule has 15 nitrogen and oxygen atoms in total. The molecule has 5 heterocycles. The summed E-state index contributed by atoms with van der Waals surface area (Å²) in [5.74, 6) is -5.29. The van der Waals surface area contributed by atoms with Gasteiger partial charge in [0.2, 0.25) is 17.7 Å². The molecule has 0 bridgehead atoms. The number of rotatable bonds is 14. The first-order chi connectivity index (χ1) is 35.1. The van der Waals surface area contributed by atoms with E-state index in [1.165, 1.54) is 33.8 Å². The number of piperidine rings is 1. The molecule has 73 heavy (non-hydrogen) atoms. The largest absolute Gasteiger partial charge is 0.488 e. The molecule has 5 amide bonds. The molecule has 386 valence electrons. The van der Waals surface area contributed by atoms with Crippen LogP contribution in [-0.4, -0.2) is 114 Å². The second-order valence-electron chi connectivity index (χ2n) is 20.1. The highest BCUT2D eigenvalue weighted by Gasteiger charge is 2.50. The van der Waals surface area contributed by atoms with E-state index in [-0.39, 0.29) is 106 Å². The lowest BCUT2D eigenvalue weighted by Crippen LogP contribution is -2.56. The van der Waals surface area contributed by atoms with Crippen molar-refractivity contribution >= 4 is 52.1 Å². The number of urea groups is 1. The highest BCUT2D eigenvalue weighted by molar-refractivity contribution is 6.34. The number of carbonyl (C=O) groups is 4. The Morgan fingerprint density at radius 1 is 0.945 bits per heavy atom. The fourth-order valence-electron chi connectivity index (χ4n) is 11.9. The lowest BCUT2D eigenvalue weighted by atomic mass is 9.77. The van der Waals surface area contributed by atoms with E-state index in [0.29, 0.717) is 57.4 Å². The number of amides is 5. The fraction of sp³-hybridized carbons (Fsp3) is 0.453. The average molecular weight is 1030 g/mol. The first kappa shape index (κ1) is 50.3. The first-order valence-electron chi connectivity index (χ1n) is 24.9. The van der Waals surface area contributed by atoms with Gasteiger partial charge in [-0.05, 0) is 81.3 Å². The molecule has 5 N–H and O–H groups in total. The first-order valence-corrected chi connectivity index (χ1v) is 25.3. The van der Waals surface area contributed by atoms with E-state index >= 15 is 17.6 Å². The Morgan fingerprint density at radius 2 is 1.67 bits per heavy atom. The molecule has 5 aliphatic rings. The molecular weight excluding hydrogens is 972 g/mol. The summed E-state index contributed by atoms with van der Waals surface area (Å²) < 4.78 is 77.8. The fourth-order valence-corrected chi connectivity index (χ4v) is 12.2. The zero-order valence-corrected chi connectivity index (χ0v) is 41.3. The second-order valence-corrected chi connectivity index (χ2v) is 20.5. The number of nitrogens with zero attached hydrogens (tertiary/aromatic N) is 5. The minimum Gasteiger partial charge on any atom is -0.488 e. The zero-order valence-electron chi connectivity index (χ0n) is 40.5. The summed E-state index contributed by atoms with van der Waals surface area (Å²) >= 11 is 6.70. The molecule has 2 atom stereocenters. The van der Waals surface area contributed by atoms with Crippen LogP contribution in [0.5, 0.6) is 11.5 Å². The van der Waals surface area contributed by atoms with Gasteiger partial charge in [0.15, 0.2) is 28.8 Å². The number of fused-ring (bicyclic) bond motifs is 2. The van der Waals surface area contributed by atoms with Crippen LogP contribution in [0.25, 0.3) is 22.0 Å². The number of nitrogens with one attached hydrogen (secondary N) is 2. The summed E-state index contributed by atoms with van der Waals surface area (Å²) in [6, 6.07) is 13.7. The third-order valence-electron chi connectivity index (χ3n) is 15.7. The molecule has 4 fully saturated rings. The molecule has 1 aromatic heterocycles. The lowest BCUT2D eigenvalue weighted by molar-refractivity contribution is -0.143. The van der Waals surface area contributed by atoms with E-state index in [4.69, 9.17) is 26.8 Å². The van der Waals surface area contributed by atoms with Gasteiger partial charge in [-0.3, -0.25) is 29.3 Å². The quantitative estimate of drug-likeness (QED) is 0.0827. The summed E-state index contributed by atoms with van der Waals surface area (Å²) in [5.41, 5.74) is 5.26. The predicted octanol–water partition coefficient (Wildman–Crippen LogP) is 7.24. The standard InChI is InChI=1S/C53H57ClF4N8O7/c1-28-41-39(23-37(56)45(54)44(41)43-34(49(59)69)12-13-38(46(43)57)72-21-20-67)73-53(28,32-6-4-3-5-7-32)27-60-33-10-8-31(9-11-33)51(70)65-25-29(26-65)24-64-17-14-30(15-18-64)42-36(55)22-35-48(47(42)58)63(2)62-50(35)66-19-16-40(68)61-52(66)71/h3-7,12-13,22-23,28-31,33,60,67H,8-11,14-21,24-27H2,1-2H3,(H2,59,69)(H,61,68,71)/t28-,31?,33?,53-/m0/s1. The molecule has 1 saturated carbocycles. The molecule has 4 aliphatic heterocycles. The molecule has 5 aromatic rings. The number of aryl methyl sites for hydroxylation is 1. The van der Waals surface area contributed by atoms with Crippen molar-refractivity contribution in [3.63, 3.8) is 0 Å². The van der Waals surface area contributed by atoms with Crippen LogP contribution in [-0.2, 0) is 22.2 Å². The van der Waals surface area contributed by atoms with Crippen molar-refractivity contribution in [1.82, 2.24) is 30.2 Å². The van der Waals surface area contributed by atoms with Crippen molar-refractivity contribution in [1.29, 1.82) is 0 Å². The maximum atomic E-state index is 16.5. The monoisotopic (exact) mass is 1030 g/mol. The van der Waals surface area contributed by atoms with Crippen LogP contribution in [0.15, 0.2) is 54.6 Å². The van der Waals surface area contributed by atoms with E-state index in [1.807, 2.05) is 42.2 Å². The number of ether oxygens (including phenoxy) is 2. The lowest BCUT2D eigenvalue weighted by Gasteiger charge is -2.45. The van der Waals surface area contributed by atoms with Gasteiger partial charge in [-0.2, -0.15) is 5.10 Å². The summed E-state index contributed by atoms with van der Waals surface area (Å²) in [6.07, 6.45) is 3.98. The van der Waals surface area contributed by atoms with Gasteiger partial charge in [0.1, 0.15) is 29.5 Å². The van der Waals surface area contributed by atoms with Crippen molar-refractivity contribution in [2.45, 2.75) is 75.3 Å². The number of benzene rings is 4. The highest BCUT2D eigenvalue weighted by atomic mass is 35.5. The van der Waals surface area contributed by atoms with Gasteiger partial charge in [-0.1, -0.05) is 48.9 Å². The van der Waals surface area contributed by atoms with Gasteiger partial charge in [0.25, 0.3) is 0 Å². The normalized spacial score (nSPS) is 22.8. The number of hydrogen-bond acceptors (Lipinski definition) is 10. The van der Waals surface area contributed by atoms with E-state index in [1.54, 1.807) is 7.05 Å². The Kier molecular flexibility index (Phi) is 13.9. The van der Waals surface area contributed by atoms with Crippen molar-refractivity contribution in [3.8, 4) is 22.6 Å². The van der Waals surface area contributed by atoms with Crippen molar-refractivity contribution in [2.75, 3.05) is 63.9 Å². The number of halogens is 5.